The molecule has 2 N–H and O–H groups in total. The van der Waals surface area contributed by atoms with Crippen LogP contribution in [-0.2, 0) is 4.79 Å². The standard InChI is InChI=1S/C14H18ClN3O2/c1-10(19)17-6-3-7-18(9-8-17)14(20)11-4-2-5-12(15)13(11)16/h2,4-5H,3,6-9,16H2,1H3. The predicted octanol–water partition coefficient (Wildman–Crippen LogP) is 1.62. The zero-order valence-electron chi connectivity index (χ0n) is 11.4. The Hall–Kier alpha value is -1.75. The van der Waals surface area contributed by atoms with Gasteiger partial charge in [0.2, 0.25) is 5.91 Å². The second-order valence-corrected chi connectivity index (χ2v) is 5.26. The number of nitrogens with zero attached hydrogens (tertiary/aromatic N) is 2. The van der Waals surface area contributed by atoms with Gasteiger partial charge in [-0.05, 0) is 18.6 Å². The van der Waals surface area contributed by atoms with Crippen LogP contribution in [0.1, 0.15) is 23.7 Å². The van der Waals surface area contributed by atoms with Crippen molar-refractivity contribution in [3.63, 3.8) is 0 Å². The molecule has 0 atom stereocenters. The van der Waals surface area contributed by atoms with Gasteiger partial charge in [-0.15, -0.1) is 0 Å². The van der Waals surface area contributed by atoms with Crippen molar-refractivity contribution in [2.75, 3.05) is 31.9 Å². The van der Waals surface area contributed by atoms with E-state index in [-0.39, 0.29) is 11.8 Å². The SMILES string of the molecule is CC(=O)N1CCCN(C(=O)c2cccc(Cl)c2N)CC1. The molecule has 0 unspecified atom stereocenters. The highest BCUT2D eigenvalue weighted by molar-refractivity contribution is 6.33. The number of hydrogen-bond acceptors (Lipinski definition) is 3. The number of nitrogen functional groups attached to an aromatic ring is 1. The van der Waals surface area contributed by atoms with Gasteiger partial charge in [-0.3, -0.25) is 9.59 Å². The maximum Gasteiger partial charge on any atom is 0.256 e. The Morgan fingerprint density at radius 1 is 1.15 bits per heavy atom. The molecule has 0 spiro atoms. The van der Waals surface area contributed by atoms with Gasteiger partial charge in [0.15, 0.2) is 0 Å². The quantitative estimate of drug-likeness (QED) is 0.801. The number of para-hydroxylation sites is 1. The van der Waals surface area contributed by atoms with Crippen molar-refractivity contribution in [2.24, 2.45) is 0 Å². The first-order chi connectivity index (χ1) is 9.50. The third kappa shape index (κ3) is 3.04. The van der Waals surface area contributed by atoms with Crippen LogP contribution in [0, 0.1) is 0 Å². The van der Waals surface area contributed by atoms with E-state index >= 15 is 0 Å². The van der Waals surface area contributed by atoms with Crippen molar-refractivity contribution < 1.29 is 9.59 Å². The highest BCUT2D eigenvalue weighted by atomic mass is 35.5. The maximum absolute atomic E-state index is 12.5. The highest BCUT2D eigenvalue weighted by Gasteiger charge is 2.23. The van der Waals surface area contributed by atoms with Crippen LogP contribution < -0.4 is 5.73 Å². The molecule has 1 aliphatic heterocycles. The van der Waals surface area contributed by atoms with E-state index in [4.69, 9.17) is 17.3 Å². The average Bonchev–Trinajstić information content (AvgIpc) is 2.67. The monoisotopic (exact) mass is 295 g/mol. The molecule has 6 heteroatoms. The van der Waals surface area contributed by atoms with E-state index in [1.54, 1.807) is 34.9 Å². The summed E-state index contributed by atoms with van der Waals surface area (Å²) >= 11 is 5.95. The Balaban J connectivity index is 2.13. The van der Waals surface area contributed by atoms with Crippen LogP contribution >= 0.6 is 11.6 Å². The zero-order valence-corrected chi connectivity index (χ0v) is 12.2. The first kappa shape index (κ1) is 14.7. The summed E-state index contributed by atoms with van der Waals surface area (Å²) in [6, 6.07) is 5.05. The van der Waals surface area contributed by atoms with Crippen molar-refractivity contribution in [2.45, 2.75) is 13.3 Å². The van der Waals surface area contributed by atoms with Gasteiger partial charge in [-0.1, -0.05) is 17.7 Å². The van der Waals surface area contributed by atoms with Crippen molar-refractivity contribution in [1.29, 1.82) is 0 Å². The van der Waals surface area contributed by atoms with Gasteiger partial charge in [0.25, 0.3) is 5.91 Å². The number of rotatable bonds is 1. The summed E-state index contributed by atoms with van der Waals surface area (Å²) in [6.45, 7) is 3.93. The van der Waals surface area contributed by atoms with E-state index in [1.165, 1.54) is 0 Å². The van der Waals surface area contributed by atoms with E-state index in [0.717, 1.165) is 6.42 Å². The molecule has 0 bridgehead atoms. The number of carbonyl (C=O) groups excluding carboxylic acids is 2. The summed E-state index contributed by atoms with van der Waals surface area (Å²) in [4.78, 5) is 27.4. The summed E-state index contributed by atoms with van der Waals surface area (Å²) in [6.07, 6.45) is 0.770. The largest absolute Gasteiger partial charge is 0.397 e. The summed E-state index contributed by atoms with van der Waals surface area (Å²) in [5.41, 5.74) is 6.60. The summed E-state index contributed by atoms with van der Waals surface area (Å²) < 4.78 is 0. The van der Waals surface area contributed by atoms with Crippen molar-refractivity contribution in [3.8, 4) is 0 Å². The van der Waals surface area contributed by atoms with Crippen LogP contribution in [0.5, 0.6) is 0 Å². The second kappa shape index (κ2) is 6.13. The van der Waals surface area contributed by atoms with E-state index < -0.39 is 0 Å². The lowest BCUT2D eigenvalue weighted by molar-refractivity contribution is -0.128. The second-order valence-electron chi connectivity index (χ2n) is 4.85. The molecule has 5 nitrogen and oxygen atoms in total. The zero-order chi connectivity index (χ0) is 14.7. The number of carbonyl (C=O) groups is 2. The molecule has 2 rings (SSSR count). The van der Waals surface area contributed by atoms with Crippen LogP contribution in [-0.4, -0.2) is 47.8 Å². The maximum atomic E-state index is 12.5. The number of benzene rings is 1. The first-order valence-corrected chi connectivity index (χ1v) is 6.97. The van der Waals surface area contributed by atoms with E-state index in [0.29, 0.717) is 42.5 Å². The Morgan fingerprint density at radius 2 is 1.80 bits per heavy atom. The van der Waals surface area contributed by atoms with Gasteiger partial charge >= 0.3 is 0 Å². The minimum absolute atomic E-state index is 0.0431. The number of amides is 2. The van der Waals surface area contributed by atoms with Crippen LogP contribution in [0.25, 0.3) is 0 Å². The fourth-order valence-corrected chi connectivity index (χ4v) is 2.50. The van der Waals surface area contributed by atoms with Crippen molar-refractivity contribution in [1.82, 2.24) is 9.80 Å². The molecule has 2 amide bonds. The smallest absolute Gasteiger partial charge is 0.256 e. The summed E-state index contributed by atoms with van der Waals surface area (Å²) in [5, 5.41) is 0.385. The Bertz CT molecular complexity index is 533. The normalized spacial score (nSPS) is 15.9. The lowest BCUT2D eigenvalue weighted by atomic mass is 10.1. The van der Waals surface area contributed by atoms with Gasteiger partial charge in [0, 0.05) is 33.1 Å². The lowest BCUT2D eigenvalue weighted by Gasteiger charge is -2.22. The molecule has 20 heavy (non-hydrogen) atoms. The van der Waals surface area contributed by atoms with E-state index in [9.17, 15) is 9.59 Å². The van der Waals surface area contributed by atoms with Crippen LogP contribution in [0.4, 0.5) is 5.69 Å². The Morgan fingerprint density at radius 3 is 2.50 bits per heavy atom. The molecule has 1 aromatic carbocycles. The number of nitrogens with two attached hydrogens (primary N) is 1. The van der Waals surface area contributed by atoms with Gasteiger partial charge in [0.05, 0.1) is 16.3 Å². The molecule has 0 saturated carbocycles. The van der Waals surface area contributed by atoms with Crippen molar-refractivity contribution >= 4 is 29.1 Å². The molecule has 108 valence electrons. The average molecular weight is 296 g/mol. The summed E-state index contributed by atoms with van der Waals surface area (Å²) in [5.74, 6) is -0.0861. The third-order valence-corrected chi connectivity index (χ3v) is 3.84. The molecular formula is C14H18ClN3O2. The van der Waals surface area contributed by atoms with Crippen LogP contribution in [0.3, 0.4) is 0 Å². The predicted molar refractivity (Wildman–Crippen MR) is 78.6 cm³/mol. The fraction of sp³-hybridized carbons (Fsp3) is 0.429. The van der Waals surface area contributed by atoms with Gasteiger partial charge < -0.3 is 15.5 Å². The van der Waals surface area contributed by atoms with Gasteiger partial charge in [0.1, 0.15) is 0 Å². The lowest BCUT2D eigenvalue weighted by Crippen LogP contribution is -2.36. The molecule has 1 aliphatic rings. The van der Waals surface area contributed by atoms with E-state index in [2.05, 4.69) is 0 Å². The Labute approximate surface area is 123 Å². The topological polar surface area (TPSA) is 66.6 Å². The molecule has 0 aromatic heterocycles. The molecule has 0 aliphatic carbocycles. The van der Waals surface area contributed by atoms with Gasteiger partial charge in [-0.25, -0.2) is 0 Å². The highest BCUT2D eigenvalue weighted by Crippen LogP contribution is 2.24. The number of anilines is 1. The number of halogens is 1. The first-order valence-electron chi connectivity index (χ1n) is 6.59. The van der Waals surface area contributed by atoms with Crippen LogP contribution in [0.15, 0.2) is 18.2 Å². The summed E-state index contributed by atoms with van der Waals surface area (Å²) in [7, 11) is 0. The van der Waals surface area contributed by atoms with Crippen LogP contribution in [0.2, 0.25) is 5.02 Å². The minimum atomic E-state index is -0.129. The molecular weight excluding hydrogens is 278 g/mol. The number of hydrogen-bond donors (Lipinski definition) is 1. The van der Waals surface area contributed by atoms with E-state index in [1.807, 2.05) is 0 Å². The molecule has 1 aromatic rings. The third-order valence-electron chi connectivity index (χ3n) is 3.51. The fourth-order valence-electron chi connectivity index (χ4n) is 2.33. The Kier molecular flexibility index (Phi) is 4.49. The van der Waals surface area contributed by atoms with Crippen molar-refractivity contribution in [3.05, 3.63) is 28.8 Å². The molecule has 0 radical (unpaired) electrons. The molecule has 1 fully saturated rings. The minimum Gasteiger partial charge on any atom is -0.397 e. The van der Waals surface area contributed by atoms with Gasteiger partial charge in [-0.2, -0.15) is 0 Å². The molecule has 1 heterocycles. The molecule has 1 saturated heterocycles.